The third kappa shape index (κ3) is 2.39. The predicted octanol–water partition coefficient (Wildman–Crippen LogP) is 3.43. The molecule has 0 bridgehead atoms. The van der Waals surface area contributed by atoms with Gasteiger partial charge in [-0.1, -0.05) is 23.2 Å². The molecule has 1 unspecified atom stereocenters. The third-order valence-corrected chi connectivity index (χ3v) is 4.52. The average Bonchev–Trinajstić information content (AvgIpc) is 3.01. The first-order chi connectivity index (χ1) is 10.5. The Morgan fingerprint density at radius 3 is 3.00 bits per heavy atom. The van der Waals surface area contributed by atoms with Gasteiger partial charge in [-0.2, -0.15) is 5.26 Å². The van der Waals surface area contributed by atoms with E-state index in [1.807, 2.05) is 16.7 Å². The van der Waals surface area contributed by atoms with Crippen molar-refractivity contribution in [2.24, 2.45) is 0 Å². The van der Waals surface area contributed by atoms with Gasteiger partial charge in [-0.25, -0.2) is 0 Å². The molecule has 0 saturated carbocycles. The van der Waals surface area contributed by atoms with E-state index in [-0.39, 0.29) is 18.6 Å². The lowest BCUT2D eigenvalue weighted by Gasteiger charge is -2.09. The summed E-state index contributed by atoms with van der Waals surface area (Å²) in [6, 6.07) is 5.44. The minimum Gasteiger partial charge on any atom is -0.478 e. The first-order valence-corrected chi connectivity index (χ1v) is 7.56. The summed E-state index contributed by atoms with van der Waals surface area (Å²) in [6.45, 7) is 2.17. The molecule has 7 heteroatoms. The average molecular weight is 338 g/mol. The molecule has 0 radical (unpaired) electrons. The largest absolute Gasteiger partial charge is 0.478 e. The zero-order valence-electron chi connectivity index (χ0n) is 11.8. The first-order valence-electron chi connectivity index (χ1n) is 6.81. The molecular formula is C15H13Cl2N3O2. The molecular weight excluding hydrogens is 325 g/mol. The van der Waals surface area contributed by atoms with E-state index >= 15 is 0 Å². The quantitative estimate of drug-likeness (QED) is 0.932. The van der Waals surface area contributed by atoms with Crippen LogP contribution in [0.15, 0.2) is 12.1 Å². The third-order valence-electron chi connectivity index (χ3n) is 3.74. The molecule has 1 N–H and O–H groups in total. The van der Waals surface area contributed by atoms with Gasteiger partial charge in [0.25, 0.3) is 0 Å². The number of ether oxygens (including phenoxy) is 1. The van der Waals surface area contributed by atoms with Gasteiger partial charge in [0.15, 0.2) is 6.61 Å². The lowest BCUT2D eigenvalue weighted by atomic mass is 10.1. The summed E-state index contributed by atoms with van der Waals surface area (Å²) in [5.74, 6) is 0.447. The summed E-state index contributed by atoms with van der Waals surface area (Å²) in [7, 11) is 0. The molecule has 1 atom stereocenters. The molecule has 0 fully saturated rings. The van der Waals surface area contributed by atoms with Crippen LogP contribution >= 0.6 is 23.2 Å². The number of hydrogen-bond donors (Lipinski definition) is 1. The van der Waals surface area contributed by atoms with E-state index in [1.165, 1.54) is 6.92 Å². The van der Waals surface area contributed by atoms with Crippen LogP contribution in [0.1, 0.15) is 25.1 Å². The van der Waals surface area contributed by atoms with Gasteiger partial charge in [0.1, 0.15) is 11.8 Å². The highest BCUT2D eigenvalue weighted by molar-refractivity contribution is 6.45. The van der Waals surface area contributed by atoms with Crippen molar-refractivity contribution in [1.82, 2.24) is 9.88 Å². The van der Waals surface area contributed by atoms with Crippen LogP contribution in [0.5, 0.6) is 5.75 Å². The number of amides is 1. The number of nitrogens with zero attached hydrogens (tertiary/aromatic N) is 2. The number of hydrogen-bond acceptors (Lipinski definition) is 3. The predicted molar refractivity (Wildman–Crippen MR) is 84.2 cm³/mol. The second-order valence-electron chi connectivity index (χ2n) is 5.14. The summed E-state index contributed by atoms with van der Waals surface area (Å²) in [6.07, 6.45) is 0.808. The number of halogens is 2. The van der Waals surface area contributed by atoms with E-state index in [4.69, 9.17) is 33.2 Å². The van der Waals surface area contributed by atoms with Crippen LogP contribution in [0.25, 0.3) is 10.9 Å². The fourth-order valence-electron chi connectivity index (χ4n) is 2.92. The lowest BCUT2D eigenvalue weighted by Crippen LogP contribution is -2.24. The van der Waals surface area contributed by atoms with Crippen molar-refractivity contribution in [3.8, 4) is 11.8 Å². The van der Waals surface area contributed by atoms with E-state index < -0.39 is 0 Å². The number of nitrogens with one attached hydrogen (secondary N) is 1. The minimum atomic E-state index is -0.0752. The van der Waals surface area contributed by atoms with Crippen LogP contribution in [0.3, 0.4) is 0 Å². The number of aryl methyl sites for hydroxylation is 1. The van der Waals surface area contributed by atoms with Gasteiger partial charge in [0, 0.05) is 30.6 Å². The Morgan fingerprint density at radius 2 is 2.32 bits per heavy atom. The van der Waals surface area contributed by atoms with Gasteiger partial charge >= 0.3 is 0 Å². The molecule has 1 aliphatic rings. The van der Waals surface area contributed by atoms with Gasteiger partial charge in [-0.15, -0.1) is 0 Å². The number of rotatable bonds is 3. The maximum atomic E-state index is 11.3. The van der Waals surface area contributed by atoms with Crippen LogP contribution in [-0.4, -0.2) is 17.1 Å². The molecule has 114 valence electrons. The molecule has 1 aliphatic heterocycles. The molecule has 1 aromatic heterocycles. The lowest BCUT2D eigenvalue weighted by molar-refractivity contribution is -0.119. The summed E-state index contributed by atoms with van der Waals surface area (Å²) in [5.41, 5.74) is 1.75. The van der Waals surface area contributed by atoms with E-state index in [0.29, 0.717) is 15.8 Å². The van der Waals surface area contributed by atoms with Crippen molar-refractivity contribution in [2.75, 3.05) is 6.61 Å². The Hall–Kier alpha value is -1.90. The van der Waals surface area contributed by atoms with Crippen LogP contribution < -0.4 is 10.1 Å². The van der Waals surface area contributed by atoms with E-state index in [2.05, 4.69) is 5.32 Å². The highest BCUT2D eigenvalue weighted by Crippen LogP contribution is 2.43. The number of carbonyl (C=O) groups excluding carboxylic acids is 1. The Morgan fingerprint density at radius 1 is 1.55 bits per heavy atom. The van der Waals surface area contributed by atoms with Crippen molar-refractivity contribution in [2.45, 2.75) is 25.9 Å². The minimum absolute atomic E-state index is 0.0523. The van der Waals surface area contributed by atoms with Crippen LogP contribution in [0.2, 0.25) is 10.0 Å². The van der Waals surface area contributed by atoms with Crippen molar-refractivity contribution in [3.05, 3.63) is 27.9 Å². The monoisotopic (exact) mass is 337 g/mol. The summed E-state index contributed by atoms with van der Waals surface area (Å²) in [4.78, 5) is 11.3. The maximum Gasteiger partial charge on any atom is 0.217 e. The standard InChI is InChI=1S/C15H13Cl2N3O2/c1-8(21)19-11-2-4-20-12(11)6-9-13(22-5-3-18)7-10(16)14(17)15(9)20/h6-7,11H,2,4-5H2,1H3,(H,19,21). The molecule has 1 aromatic carbocycles. The number of aromatic nitrogens is 1. The maximum absolute atomic E-state index is 11.3. The Kier molecular flexibility index (Phi) is 3.90. The molecule has 1 amide bonds. The van der Waals surface area contributed by atoms with Crippen molar-refractivity contribution in [3.63, 3.8) is 0 Å². The Balaban J connectivity index is 2.16. The van der Waals surface area contributed by atoms with Crippen LogP contribution in [0, 0.1) is 11.3 Å². The highest BCUT2D eigenvalue weighted by Gasteiger charge is 2.28. The SMILES string of the molecule is CC(=O)NC1CCn2c1cc1c(OCC#N)cc(Cl)c(Cl)c12. The van der Waals surface area contributed by atoms with E-state index in [9.17, 15) is 4.79 Å². The molecule has 2 heterocycles. The number of fused-ring (bicyclic) bond motifs is 3. The zero-order valence-corrected chi connectivity index (χ0v) is 13.3. The Labute approximate surface area is 137 Å². The fourth-order valence-corrected chi connectivity index (χ4v) is 3.37. The number of nitriles is 1. The smallest absolute Gasteiger partial charge is 0.217 e. The number of carbonyl (C=O) groups is 1. The molecule has 0 spiro atoms. The van der Waals surface area contributed by atoms with Crippen molar-refractivity contribution >= 4 is 40.0 Å². The molecule has 3 rings (SSSR count). The van der Waals surface area contributed by atoms with Crippen LogP contribution in [-0.2, 0) is 11.3 Å². The van der Waals surface area contributed by atoms with Gasteiger partial charge in [-0.05, 0) is 12.5 Å². The van der Waals surface area contributed by atoms with Crippen molar-refractivity contribution < 1.29 is 9.53 Å². The van der Waals surface area contributed by atoms with E-state index in [1.54, 1.807) is 6.07 Å². The van der Waals surface area contributed by atoms with Crippen LogP contribution in [0.4, 0.5) is 0 Å². The second-order valence-corrected chi connectivity index (χ2v) is 5.93. The Bertz CT molecular complexity index is 807. The van der Waals surface area contributed by atoms with Gasteiger partial charge in [0.05, 0.1) is 21.6 Å². The van der Waals surface area contributed by atoms with Gasteiger partial charge < -0.3 is 14.6 Å². The molecule has 2 aromatic rings. The summed E-state index contributed by atoms with van der Waals surface area (Å²) >= 11 is 12.5. The number of benzene rings is 1. The van der Waals surface area contributed by atoms with Gasteiger partial charge in [-0.3, -0.25) is 4.79 Å². The molecule has 22 heavy (non-hydrogen) atoms. The van der Waals surface area contributed by atoms with Crippen molar-refractivity contribution in [1.29, 1.82) is 5.26 Å². The highest BCUT2D eigenvalue weighted by atomic mass is 35.5. The zero-order chi connectivity index (χ0) is 15.9. The van der Waals surface area contributed by atoms with Gasteiger partial charge in [0.2, 0.25) is 5.91 Å². The molecule has 0 aliphatic carbocycles. The molecule has 5 nitrogen and oxygen atoms in total. The first kappa shape index (κ1) is 15.0. The summed E-state index contributed by atoms with van der Waals surface area (Å²) < 4.78 is 7.50. The normalized spacial score (nSPS) is 16.4. The topological polar surface area (TPSA) is 67.1 Å². The summed E-state index contributed by atoms with van der Waals surface area (Å²) in [5, 5.41) is 13.3. The fraction of sp³-hybridized carbons (Fsp3) is 0.333. The second kappa shape index (κ2) is 5.71. The van der Waals surface area contributed by atoms with E-state index in [0.717, 1.165) is 29.6 Å². The molecule has 0 saturated heterocycles.